The predicted molar refractivity (Wildman–Crippen MR) is 81.6 cm³/mol. The standard InChI is InChI=1S/C17H18OS/c18-13-11-16(15-7-3-1-4-8-15)12-14-19-17-9-5-2-6-10-17/h1-10,13,16H,11-12,14H2. The van der Waals surface area contributed by atoms with Crippen molar-refractivity contribution in [2.45, 2.75) is 23.7 Å². The summed E-state index contributed by atoms with van der Waals surface area (Å²) in [6, 6.07) is 20.7. The van der Waals surface area contributed by atoms with Crippen molar-refractivity contribution < 1.29 is 4.79 Å². The summed E-state index contributed by atoms with van der Waals surface area (Å²) >= 11 is 1.85. The lowest BCUT2D eigenvalue weighted by atomic mass is 9.94. The van der Waals surface area contributed by atoms with E-state index in [0.29, 0.717) is 12.3 Å². The number of aldehydes is 1. The van der Waals surface area contributed by atoms with Gasteiger partial charge in [-0.2, -0.15) is 0 Å². The van der Waals surface area contributed by atoms with Crippen molar-refractivity contribution in [2.24, 2.45) is 0 Å². The van der Waals surface area contributed by atoms with E-state index >= 15 is 0 Å². The Bertz CT molecular complexity index is 481. The van der Waals surface area contributed by atoms with Gasteiger partial charge in [0.05, 0.1) is 0 Å². The van der Waals surface area contributed by atoms with Crippen molar-refractivity contribution in [3.05, 3.63) is 66.2 Å². The molecular formula is C17H18OS. The Kier molecular flexibility index (Phi) is 5.70. The molecule has 0 saturated carbocycles. The summed E-state index contributed by atoms with van der Waals surface area (Å²) in [6.07, 6.45) is 2.67. The van der Waals surface area contributed by atoms with Gasteiger partial charge in [-0.25, -0.2) is 0 Å². The highest BCUT2D eigenvalue weighted by molar-refractivity contribution is 7.99. The normalized spacial score (nSPS) is 12.0. The van der Waals surface area contributed by atoms with Crippen LogP contribution >= 0.6 is 11.8 Å². The molecule has 0 heterocycles. The minimum absolute atomic E-state index is 0.343. The SMILES string of the molecule is O=CCC(CCSc1ccccc1)c1ccccc1. The first kappa shape index (κ1) is 13.9. The Labute approximate surface area is 119 Å². The fourth-order valence-corrected chi connectivity index (χ4v) is 3.09. The summed E-state index contributed by atoms with van der Waals surface area (Å²) in [5, 5.41) is 0. The van der Waals surface area contributed by atoms with Gasteiger partial charge in [-0.1, -0.05) is 48.5 Å². The fraction of sp³-hybridized carbons (Fsp3) is 0.235. The number of hydrogen-bond donors (Lipinski definition) is 0. The van der Waals surface area contributed by atoms with E-state index in [1.807, 2.05) is 36.0 Å². The molecule has 19 heavy (non-hydrogen) atoms. The Morgan fingerprint density at radius 3 is 2.21 bits per heavy atom. The molecule has 1 atom stereocenters. The summed E-state index contributed by atoms with van der Waals surface area (Å²) in [4.78, 5) is 12.1. The predicted octanol–water partition coefficient (Wildman–Crippen LogP) is 4.54. The Balaban J connectivity index is 1.89. The van der Waals surface area contributed by atoms with E-state index in [1.165, 1.54) is 10.5 Å². The molecule has 1 unspecified atom stereocenters. The van der Waals surface area contributed by atoms with E-state index in [0.717, 1.165) is 18.5 Å². The molecule has 0 aliphatic rings. The van der Waals surface area contributed by atoms with Gasteiger partial charge in [0.15, 0.2) is 0 Å². The van der Waals surface area contributed by atoms with Crippen LogP contribution < -0.4 is 0 Å². The van der Waals surface area contributed by atoms with E-state index in [2.05, 4.69) is 36.4 Å². The zero-order chi connectivity index (χ0) is 13.3. The third-order valence-corrected chi connectivity index (χ3v) is 4.18. The van der Waals surface area contributed by atoms with Crippen molar-refractivity contribution in [2.75, 3.05) is 5.75 Å². The van der Waals surface area contributed by atoms with Crippen LogP contribution in [0.15, 0.2) is 65.6 Å². The van der Waals surface area contributed by atoms with E-state index in [9.17, 15) is 4.79 Å². The highest BCUT2D eigenvalue weighted by Gasteiger charge is 2.10. The summed E-state index contributed by atoms with van der Waals surface area (Å²) in [7, 11) is 0. The molecule has 2 aromatic rings. The topological polar surface area (TPSA) is 17.1 Å². The molecule has 0 saturated heterocycles. The van der Waals surface area contributed by atoms with Gasteiger partial charge < -0.3 is 4.79 Å². The van der Waals surface area contributed by atoms with Crippen LogP contribution in [-0.2, 0) is 4.79 Å². The zero-order valence-corrected chi connectivity index (χ0v) is 11.7. The monoisotopic (exact) mass is 270 g/mol. The van der Waals surface area contributed by atoms with Crippen molar-refractivity contribution in [3.8, 4) is 0 Å². The van der Waals surface area contributed by atoms with Gasteiger partial charge in [0.25, 0.3) is 0 Å². The average molecular weight is 270 g/mol. The van der Waals surface area contributed by atoms with E-state index < -0.39 is 0 Å². The lowest BCUT2D eigenvalue weighted by Gasteiger charge is -2.14. The molecule has 1 nitrogen and oxygen atoms in total. The molecule has 0 fully saturated rings. The van der Waals surface area contributed by atoms with Gasteiger partial charge in [-0.05, 0) is 35.8 Å². The third kappa shape index (κ3) is 4.56. The summed E-state index contributed by atoms with van der Waals surface area (Å²) < 4.78 is 0. The first-order valence-electron chi connectivity index (χ1n) is 6.56. The Hall–Kier alpha value is -1.54. The van der Waals surface area contributed by atoms with Crippen molar-refractivity contribution in [3.63, 3.8) is 0 Å². The molecule has 0 aliphatic heterocycles. The molecule has 0 radical (unpaired) electrons. The quantitative estimate of drug-likeness (QED) is 0.542. The minimum Gasteiger partial charge on any atom is -0.303 e. The van der Waals surface area contributed by atoms with Gasteiger partial charge in [-0.15, -0.1) is 11.8 Å². The highest BCUT2D eigenvalue weighted by atomic mass is 32.2. The lowest BCUT2D eigenvalue weighted by molar-refractivity contribution is -0.108. The van der Waals surface area contributed by atoms with Gasteiger partial charge in [-0.3, -0.25) is 0 Å². The van der Waals surface area contributed by atoms with Crippen LogP contribution in [0.1, 0.15) is 24.3 Å². The first-order valence-corrected chi connectivity index (χ1v) is 7.55. The Morgan fingerprint density at radius 1 is 0.947 bits per heavy atom. The summed E-state index contributed by atoms with van der Waals surface area (Å²) in [6.45, 7) is 0. The zero-order valence-electron chi connectivity index (χ0n) is 10.9. The second-order valence-electron chi connectivity index (χ2n) is 4.46. The van der Waals surface area contributed by atoms with E-state index in [-0.39, 0.29) is 0 Å². The molecule has 0 aliphatic carbocycles. The number of carbonyl (C=O) groups excluding carboxylic acids is 1. The second kappa shape index (κ2) is 7.80. The maximum atomic E-state index is 10.8. The number of hydrogen-bond acceptors (Lipinski definition) is 2. The van der Waals surface area contributed by atoms with Crippen LogP contribution in [-0.4, -0.2) is 12.0 Å². The minimum atomic E-state index is 0.343. The molecule has 0 N–H and O–H groups in total. The number of thioether (sulfide) groups is 1. The number of benzene rings is 2. The molecule has 0 aromatic heterocycles. The number of rotatable bonds is 7. The number of carbonyl (C=O) groups is 1. The van der Waals surface area contributed by atoms with Crippen molar-refractivity contribution >= 4 is 18.0 Å². The van der Waals surface area contributed by atoms with Crippen LogP contribution in [0.4, 0.5) is 0 Å². The maximum absolute atomic E-state index is 10.8. The van der Waals surface area contributed by atoms with Crippen LogP contribution in [0, 0.1) is 0 Å². The second-order valence-corrected chi connectivity index (χ2v) is 5.63. The first-order chi connectivity index (χ1) is 9.40. The molecule has 0 spiro atoms. The lowest BCUT2D eigenvalue weighted by Crippen LogP contribution is -2.01. The average Bonchev–Trinajstić information content (AvgIpc) is 2.48. The van der Waals surface area contributed by atoms with Crippen LogP contribution in [0.5, 0.6) is 0 Å². The van der Waals surface area contributed by atoms with E-state index in [1.54, 1.807) is 0 Å². The highest BCUT2D eigenvalue weighted by Crippen LogP contribution is 2.27. The third-order valence-electron chi connectivity index (χ3n) is 3.13. The summed E-state index contributed by atoms with van der Waals surface area (Å²) in [5.74, 6) is 1.38. The molecule has 98 valence electrons. The van der Waals surface area contributed by atoms with Crippen LogP contribution in [0.2, 0.25) is 0 Å². The maximum Gasteiger partial charge on any atom is 0.120 e. The van der Waals surface area contributed by atoms with Crippen molar-refractivity contribution in [1.29, 1.82) is 0 Å². The fourth-order valence-electron chi connectivity index (χ4n) is 2.10. The molecule has 2 rings (SSSR count). The van der Waals surface area contributed by atoms with Crippen LogP contribution in [0.3, 0.4) is 0 Å². The van der Waals surface area contributed by atoms with Gasteiger partial charge in [0.2, 0.25) is 0 Å². The largest absolute Gasteiger partial charge is 0.303 e. The molecule has 2 heteroatoms. The van der Waals surface area contributed by atoms with Gasteiger partial charge in [0.1, 0.15) is 6.29 Å². The molecule has 0 bridgehead atoms. The molecule has 2 aromatic carbocycles. The molecular weight excluding hydrogens is 252 g/mol. The van der Waals surface area contributed by atoms with Crippen LogP contribution in [0.25, 0.3) is 0 Å². The van der Waals surface area contributed by atoms with Gasteiger partial charge >= 0.3 is 0 Å². The van der Waals surface area contributed by atoms with E-state index in [4.69, 9.17) is 0 Å². The Morgan fingerprint density at radius 2 is 1.58 bits per heavy atom. The molecule has 0 amide bonds. The van der Waals surface area contributed by atoms with Crippen molar-refractivity contribution in [1.82, 2.24) is 0 Å². The smallest absolute Gasteiger partial charge is 0.120 e. The van der Waals surface area contributed by atoms with Gasteiger partial charge in [0, 0.05) is 11.3 Å². The summed E-state index contributed by atoms with van der Waals surface area (Å²) in [5.41, 5.74) is 1.27.